The van der Waals surface area contributed by atoms with Gasteiger partial charge < -0.3 is 16.2 Å². The number of rotatable bonds is 3. The molecule has 0 aliphatic rings. The molecule has 0 unspecified atom stereocenters. The lowest BCUT2D eigenvalue weighted by atomic mass is 10.2. The van der Waals surface area contributed by atoms with Crippen LogP contribution in [-0.2, 0) is 0 Å². The number of ether oxygens (including phenoxy) is 1. The van der Waals surface area contributed by atoms with Gasteiger partial charge in [-0.3, -0.25) is 5.41 Å². The largest absolute Gasteiger partial charge is 0.423 e. The van der Waals surface area contributed by atoms with Gasteiger partial charge in [0.05, 0.1) is 5.56 Å². The zero-order valence-electron chi connectivity index (χ0n) is 10.5. The molecule has 0 heterocycles. The number of hydrogen-bond donors (Lipinski definition) is 3. The molecule has 20 heavy (non-hydrogen) atoms. The molecule has 5 N–H and O–H groups in total. The Morgan fingerprint density at radius 3 is 1.95 bits per heavy atom. The zero-order valence-corrected chi connectivity index (χ0v) is 11.3. The first-order valence-corrected chi connectivity index (χ1v) is 5.58. The average molecular weight is 292 g/mol. The molecule has 0 radical (unpaired) electrons. The quantitative estimate of drug-likeness (QED) is 0.265. The fraction of sp³-hybridized carbons (Fsp3) is 0. The van der Waals surface area contributed by atoms with Crippen LogP contribution in [0.5, 0.6) is 5.75 Å². The standard InChI is InChI=1S/C14H13N3O2.ClH/c15-11-5-1-10(2-6-11)14(18)19-12-7-3-9(4-8-12)13(16)17;/h1-8H,15H2,(H3,16,17);1H. The van der Waals surface area contributed by atoms with Crippen molar-refractivity contribution in [3.05, 3.63) is 59.7 Å². The number of carbonyl (C=O) groups is 1. The van der Waals surface area contributed by atoms with Gasteiger partial charge in [0.25, 0.3) is 0 Å². The Kier molecular flexibility index (Phi) is 5.11. The normalized spacial score (nSPS) is 9.40. The maximum atomic E-state index is 11.8. The molecule has 0 atom stereocenters. The molecule has 104 valence electrons. The van der Waals surface area contributed by atoms with Crippen LogP contribution in [-0.4, -0.2) is 11.8 Å². The first kappa shape index (κ1) is 15.5. The second-order valence-electron chi connectivity index (χ2n) is 3.95. The van der Waals surface area contributed by atoms with E-state index in [2.05, 4.69) is 0 Å². The summed E-state index contributed by atoms with van der Waals surface area (Å²) < 4.78 is 5.18. The molecule has 0 aliphatic carbocycles. The number of esters is 1. The predicted molar refractivity (Wildman–Crippen MR) is 80.5 cm³/mol. The van der Waals surface area contributed by atoms with Crippen LogP contribution < -0.4 is 16.2 Å². The molecule has 2 aromatic rings. The van der Waals surface area contributed by atoms with Crippen molar-refractivity contribution in [1.82, 2.24) is 0 Å². The van der Waals surface area contributed by atoms with Gasteiger partial charge in [0, 0.05) is 11.3 Å². The summed E-state index contributed by atoms with van der Waals surface area (Å²) in [5.74, 6) is -0.0983. The van der Waals surface area contributed by atoms with Crippen molar-refractivity contribution in [2.24, 2.45) is 5.73 Å². The second-order valence-corrected chi connectivity index (χ2v) is 3.95. The van der Waals surface area contributed by atoms with Crippen LogP contribution in [0.15, 0.2) is 48.5 Å². The Labute approximate surface area is 122 Å². The number of anilines is 1. The number of hydrogen-bond acceptors (Lipinski definition) is 4. The first-order chi connectivity index (χ1) is 9.06. The average Bonchev–Trinajstić information content (AvgIpc) is 2.40. The van der Waals surface area contributed by atoms with Gasteiger partial charge >= 0.3 is 5.97 Å². The minimum Gasteiger partial charge on any atom is -0.423 e. The van der Waals surface area contributed by atoms with Crippen LogP contribution in [0.4, 0.5) is 5.69 Å². The smallest absolute Gasteiger partial charge is 0.343 e. The van der Waals surface area contributed by atoms with Crippen LogP contribution >= 0.6 is 12.4 Å². The molecule has 2 rings (SSSR count). The van der Waals surface area contributed by atoms with Crippen LogP contribution in [0.1, 0.15) is 15.9 Å². The van der Waals surface area contributed by atoms with Crippen LogP contribution in [0.25, 0.3) is 0 Å². The topological polar surface area (TPSA) is 102 Å². The molecule has 6 heteroatoms. The summed E-state index contributed by atoms with van der Waals surface area (Å²) in [7, 11) is 0. The molecule has 0 bridgehead atoms. The summed E-state index contributed by atoms with van der Waals surface area (Å²) in [5, 5.41) is 7.26. The molecule has 2 aromatic carbocycles. The molecule has 0 spiro atoms. The number of nitrogens with two attached hydrogens (primary N) is 2. The van der Waals surface area contributed by atoms with E-state index in [-0.39, 0.29) is 18.2 Å². The Morgan fingerprint density at radius 1 is 0.950 bits per heavy atom. The molecule has 0 fully saturated rings. The lowest BCUT2D eigenvalue weighted by Gasteiger charge is -2.05. The van der Waals surface area contributed by atoms with Crippen LogP contribution in [0, 0.1) is 5.41 Å². The monoisotopic (exact) mass is 291 g/mol. The lowest BCUT2D eigenvalue weighted by molar-refractivity contribution is 0.0735. The number of amidine groups is 1. The van der Waals surface area contributed by atoms with Crippen molar-refractivity contribution >= 4 is 29.9 Å². The van der Waals surface area contributed by atoms with E-state index in [1.165, 1.54) is 0 Å². The first-order valence-electron chi connectivity index (χ1n) is 5.58. The van der Waals surface area contributed by atoms with Gasteiger partial charge in [0.15, 0.2) is 0 Å². The van der Waals surface area contributed by atoms with Crippen molar-refractivity contribution in [3.63, 3.8) is 0 Å². The van der Waals surface area contributed by atoms with Gasteiger partial charge in [-0.05, 0) is 48.5 Å². The molecule has 0 aliphatic heterocycles. The van der Waals surface area contributed by atoms with Gasteiger partial charge in [-0.2, -0.15) is 0 Å². The molecular formula is C14H14ClN3O2. The predicted octanol–water partition coefficient (Wildman–Crippen LogP) is 2.19. The summed E-state index contributed by atoms with van der Waals surface area (Å²) in [6, 6.07) is 12.9. The van der Waals surface area contributed by atoms with E-state index in [1.54, 1.807) is 48.5 Å². The highest BCUT2D eigenvalue weighted by Crippen LogP contribution is 2.14. The molecular weight excluding hydrogens is 278 g/mol. The van der Waals surface area contributed by atoms with Crippen molar-refractivity contribution in [2.75, 3.05) is 5.73 Å². The summed E-state index contributed by atoms with van der Waals surface area (Å²) in [6.45, 7) is 0. The highest BCUT2D eigenvalue weighted by atomic mass is 35.5. The summed E-state index contributed by atoms with van der Waals surface area (Å²) in [4.78, 5) is 11.8. The Bertz CT molecular complexity index is 609. The van der Waals surface area contributed by atoms with Gasteiger partial charge in [-0.15, -0.1) is 12.4 Å². The molecule has 0 saturated carbocycles. The Balaban J connectivity index is 0.00000200. The minimum atomic E-state index is -0.462. The fourth-order valence-corrected chi connectivity index (χ4v) is 1.49. The van der Waals surface area contributed by atoms with Gasteiger partial charge in [-0.1, -0.05) is 0 Å². The van der Waals surface area contributed by atoms with Crippen LogP contribution in [0.3, 0.4) is 0 Å². The van der Waals surface area contributed by atoms with E-state index in [0.717, 1.165) is 0 Å². The number of benzene rings is 2. The molecule has 0 aromatic heterocycles. The van der Waals surface area contributed by atoms with Crippen molar-refractivity contribution in [3.8, 4) is 5.75 Å². The molecule has 5 nitrogen and oxygen atoms in total. The third-order valence-corrected chi connectivity index (χ3v) is 2.52. The van der Waals surface area contributed by atoms with Crippen molar-refractivity contribution < 1.29 is 9.53 Å². The SMILES string of the molecule is Cl.N=C(N)c1ccc(OC(=O)c2ccc(N)cc2)cc1. The summed E-state index contributed by atoms with van der Waals surface area (Å²) in [5.41, 5.74) is 12.5. The Hall–Kier alpha value is -2.53. The molecule has 0 amide bonds. The van der Waals surface area contributed by atoms with E-state index in [1.807, 2.05) is 0 Å². The van der Waals surface area contributed by atoms with E-state index in [9.17, 15) is 4.79 Å². The van der Waals surface area contributed by atoms with Crippen molar-refractivity contribution in [1.29, 1.82) is 5.41 Å². The number of halogens is 1. The maximum Gasteiger partial charge on any atom is 0.343 e. The highest BCUT2D eigenvalue weighted by molar-refractivity contribution is 5.95. The molecule has 0 saturated heterocycles. The van der Waals surface area contributed by atoms with Crippen molar-refractivity contribution in [2.45, 2.75) is 0 Å². The van der Waals surface area contributed by atoms with E-state index in [4.69, 9.17) is 21.6 Å². The Morgan fingerprint density at radius 2 is 1.45 bits per heavy atom. The number of nitrogen functional groups attached to an aromatic ring is 2. The van der Waals surface area contributed by atoms with E-state index < -0.39 is 5.97 Å². The lowest BCUT2D eigenvalue weighted by Crippen LogP contribution is -2.11. The minimum absolute atomic E-state index is 0. The number of nitrogens with one attached hydrogen (secondary N) is 1. The van der Waals surface area contributed by atoms with Crippen LogP contribution in [0.2, 0.25) is 0 Å². The van der Waals surface area contributed by atoms with E-state index >= 15 is 0 Å². The third kappa shape index (κ3) is 3.73. The fourth-order valence-electron chi connectivity index (χ4n) is 1.49. The summed E-state index contributed by atoms with van der Waals surface area (Å²) in [6.07, 6.45) is 0. The zero-order chi connectivity index (χ0) is 13.8. The second kappa shape index (κ2) is 6.58. The third-order valence-electron chi connectivity index (χ3n) is 2.52. The van der Waals surface area contributed by atoms with E-state index in [0.29, 0.717) is 22.6 Å². The highest BCUT2D eigenvalue weighted by Gasteiger charge is 2.08. The van der Waals surface area contributed by atoms with Gasteiger partial charge in [0.1, 0.15) is 11.6 Å². The number of carbonyl (C=O) groups excluding carboxylic acids is 1. The van der Waals surface area contributed by atoms with Gasteiger partial charge in [0.2, 0.25) is 0 Å². The van der Waals surface area contributed by atoms with Gasteiger partial charge in [-0.25, -0.2) is 4.79 Å². The maximum absolute atomic E-state index is 11.8. The summed E-state index contributed by atoms with van der Waals surface area (Å²) >= 11 is 0.